The fourth-order valence-electron chi connectivity index (χ4n) is 2.91. The minimum Gasteiger partial charge on any atom is -0.481 e. The van der Waals surface area contributed by atoms with Crippen molar-refractivity contribution in [3.63, 3.8) is 0 Å². The van der Waals surface area contributed by atoms with Crippen molar-refractivity contribution in [2.24, 2.45) is 0 Å². The van der Waals surface area contributed by atoms with Crippen LogP contribution >= 0.6 is 11.6 Å². The van der Waals surface area contributed by atoms with Gasteiger partial charge in [-0.25, -0.2) is 4.79 Å². The van der Waals surface area contributed by atoms with Gasteiger partial charge in [-0.3, -0.25) is 10.1 Å². The number of halogens is 1. The molecule has 32 heavy (non-hydrogen) atoms. The van der Waals surface area contributed by atoms with Crippen LogP contribution in [0.4, 0.5) is 10.5 Å². The fraction of sp³-hybridized carbons (Fsp3) is 0.208. The average molecular weight is 453 g/mol. The van der Waals surface area contributed by atoms with E-state index >= 15 is 0 Å². The van der Waals surface area contributed by atoms with Crippen LogP contribution in [0, 0.1) is 18.8 Å². The van der Waals surface area contributed by atoms with Gasteiger partial charge in [0, 0.05) is 28.1 Å². The number of hydrogen-bond acceptors (Lipinski definition) is 5. The average Bonchev–Trinajstić information content (AvgIpc) is 3.11. The van der Waals surface area contributed by atoms with E-state index < -0.39 is 18.2 Å². The number of nitrogens with zero attached hydrogens (tertiary/aromatic N) is 1. The number of aryl methyl sites for hydroxylation is 1. The number of carbonyl (C=O) groups excluding carboxylic acids is 1. The van der Waals surface area contributed by atoms with Crippen LogP contribution in [0.25, 0.3) is 11.3 Å². The molecule has 1 atom stereocenters. The number of aliphatic carboxylic acids is 1. The fourth-order valence-corrected chi connectivity index (χ4v) is 3.20. The largest absolute Gasteiger partial charge is 0.481 e. The molecule has 0 saturated carbocycles. The predicted molar refractivity (Wildman–Crippen MR) is 120 cm³/mol. The Hall–Kier alpha value is -3.76. The molecule has 0 aliphatic rings. The minimum absolute atomic E-state index is 0.00263. The molecule has 0 spiro atoms. The summed E-state index contributed by atoms with van der Waals surface area (Å²) in [6, 6.07) is 14.3. The van der Waals surface area contributed by atoms with E-state index in [4.69, 9.17) is 26.0 Å². The van der Waals surface area contributed by atoms with Gasteiger partial charge >= 0.3 is 12.1 Å². The zero-order valence-electron chi connectivity index (χ0n) is 17.5. The first-order valence-corrected chi connectivity index (χ1v) is 10.2. The Bertz CT molecular complexity index is 1180. The lowest BCUT2D eigenvalue weighted by molar-refractivity contribution is -0.136. The Kier molecular flexibility index (Phi) is 7.53. The molecule has 0 aliphatic carbocycles. The maximum atomic E-state index is 12.5. The summed E-state index contributed by atoms with van der Waals surface area (Å²) in [6.07, 6.45) is -0.929. The minimum atomic E-state index is -0.879. The molecule has 1 aromatic heterocycles. The summed E-state index contributed by atoms with van der Waals surface area (Å²) in [5, 5.41) is 15.8. The van der Waals surface area contributed by atoms with Crippen LogP contribution in [0.2, 0.25) is 5.02 Å². The number of aromatic nitrogens is 1. The van der Waals surface area contributed by atoms with Crippen molar-refractivity contribution in [2.75, 3.05) is 5.32 Å². The van der Waals surface area contributed by atoms with Gasteiger partial charge in [-0.1, -0.05) is 46.8 Å². The summed E-state index contributed by atoms with van der Waals surface area (Å²) in [4.78, 5) is 23.0. The van der Waals surface area contributed by atoms with Crippen LogP contribution in [0.3, 0.4) is 0 Å². The number of anilines is 1. The number of carboxylic acid groups (broad SMARTS) is 1. The highest BCUT2D eigenvalue weighted by Crippen LogP contribution is 2.32. The number of ether oxygens (including phenoxy) is 1. The van der Waals surface area contributed by atoms with Gasteiger partial charge in [-0.05, 0) is 44.2 Å². The zero-order valence-corrected chi connectivity index (χ0v) is 18.3. The first-order chi connectivity index (χ1) is 15.3. The van der Waals surface area contributed by atoms with Crippen molar-refractivity contribution in [1.82, 2.24) is 5.16 Å². The summed E-state index contributed by atoms with van der Waals surface area (Å²) >= 11 is 6.17. The lowest BCUT2D eigenvalue weighted by Crippen LogP contribution is -2.17. The van der Waals surface area contributed by atoms with Crippen molar-refractivity contribution >= 4 is 29.4 Å². The lowest BCUT2D eigenvalue weighted by Gasteiger charge is -2.15. The van der Waals surface area contributed by atoms with Crippen molar-refractivity contribution in [1.29, 1.82) is 0 Å². The topological polar surface area (TPSA) is 102 Å². The molecule has 1 heterocycles. The monoisotopic (exact) mass is 452 g/mol. The van der Waals surface area contributed by atoms with Gasteiger partial charge in [0.1, 0.15) is 17.5 Å². The second kappa shape index (κ2) is 10.5. The first-order valence-electron chi connectivity index (χ1n) is 9.84. The Balaban J connectivity index is 1.70. The number of carboxylic acids is 1. The molecule has 0 bridgehead atoms. The van der Waals surface area contributed by atoms with Crippen LogP contribution in [-0.4, -0.2) is 22.3 Å². The summed E-state index contributed by atoms with van der Waals surface area (Å²) in [5.41, 5.74) is 3.03. The van der Waals surface area contributed by atoms with Gasteiger partial charge in [-0.15, -0.1) is 0 Å². The predicted octanol–water partition coefficient (Wildman–Crippen LogP) is 5.83. The first kappa shape index (κ1) is 22.9. The van der Waals surface area contributed by atoms with E-state index in [1.165, 1.54) is 0 Å². The lowest BCUT2D eigenvalue weighted by atomic mass is 10.1. The molecule has 0 fully saturated rings. The highest BCUT2D eigenvalue weighted by molar-refractivity contribution is 6.31. The molecule has 8 heteroatoms. The molecule has 3 rings (SSSR count). The van der Waals surface area contributed by atoms with Crippen LogP contribution in [-0.2, 0) is 9.53 Å². The van der Waals surface area contributed by atoms with Crippen molar-refractivity contribution in [3.8, 4) is 23.2 Å². The highest BCUT2D eigenvalue weighted by Gasteiger charge is 2.20. The number of carbonyl (C=O) groups is 2. The van der Waals surface area contributed by atoms with Crippen molar-refractivity contribution in [3.05, 3.63) is 70.4 Å². The molecule has 0 saturated heterocycles. The van der Waals surface area contributed by atoms with E-state index in [0.717, 1.165) is 5.56 Å². The standard InChI is InChI=1S/C24H21ClN2O5/c1-15-22(26-24(30)31-16(2)19-8-4-5-9-20(19)25)23(32-27-15)18-13-11-17(12-14-18)7-3-6-10-21(28)29/h4-5,8-9,11-14,16H,6,10H2,1-2H3,(H,26,30)(H,28,29). The molecular weight excluding hydrogens is 432 g/mol. The third kappa shape index (κ3) is 5.90. The number of rotatable bonds is 6. The second-order valence-corrected chi connectivity index (χ2v) is 7.35. The van der Waals surface area contributed by atoms with E-state index in [1.54, 1.807) is 56.3 Å². The van der Waals surface area contributed by atoms with Crippen LogP contribution in [0.5, 0.6) is 0 Å². The molecule has 2 N–H and O–H groups in total. The maximum Gasteiger partial charge on any atom is 0.412 e. The summed E-state index contributed by atoms with van der Waals surface area (Å²) in [5.74, 6) is 5.24. The smallest absolute Gasteiger partial charge is 0.412 e. The van der Waals surface area contributed by atoms with E-state index in [1.807, 2.05) is 6.07 Å². The SMILES string of the molecule is Cc1noc(-c2ccc(C#CCCC(=O)O)cc2)c1NC(=O)OC(C)c1ccccc1Cl. The Morgan fingerprint density at radius 1 is 1.22 bits per heavy atom. The second-order valence-electron chi connectivity index (χ2n) is 6.94. The molecule has 3 aromatic rings. The van der Waals surface area contributed by atoms with Crippen LogP contribution < -0.4 is 5.32 Å². The zero-order chi connectivity index (χ0) is 23.1. The molecule has 1 amide bonds. The van der Waals surface area contributed by atoms with Gasteiger partial charge in [0.25, 0.3) is 0 Å². The van der Waals surface area contributed by atoms with Gasteiger partial charge in [0.05, 0.1) is 6.42 Å². The van der Waals surface area contributed by atoms with Gasteiger partial charge < -0.3 is 14.4 Å². The molecule has 0 radical (unpaired) electrons. The number of nitrogens with one attached hydrogen (secondary N) is 1. The molecule has 2 aromatic carbocycles. The summed E-state index contributed by atoms with van der Waals surface area (Å²) in [6.45, 7) is 3.45. The Morgan fingerprint density at radius 3 is 2.62 bits per heavy atom. The number of benzene rings is 2. The van der Waals surface area contributed by atoms with Crippen molar-refractivity contribution < 1.29 is 24.0 Å². The highest BCUT2D eigenvalue weighted by atomic mass is 35.5. The number of amides is 1. The third-order valence-electron chi connectivity index (χ3n) is 4.56. The third-order valence-corrected chi connectivity index (χ3v) is 4.90. The molecular formula is C24H21ClN2O5. The van der Waals surface area contributed by atoms with E-state index in [9.17, 15) is 9.59 Å². The quantitative estimate of drug-likeness (QED) is 0.456. The van der Waals surface area contributed by atoms with E-state index in [0.29, 0.717) is 33.3 Å². The van der Waals surface area contributed by atoms with Crippen LogP contribution in [0.1, 0.15) is 42.7 Å². The Labute approximate surface area is 190 Å². The van der Waals surface area contributed by atoms with Crippen LogP contribution in [0.15, 0.2) is 53.1 Å². The van der Waals surface area contributed by atoms with E-state index in [2.05, 4.69) is 22.3 Å². The maximum absolute atomic E-state index is 12.5. The van der Waals surface area contributed by atoms with Gasteiger partial charge in [0.15, 0.2) is 5.76 Å². The molecule has 7 nitrogen and oxygen atoms in total. The molecule has 0 aliphatic heterocycles. The Morgan fingerprint density at radius 2 is 1.94 bits per heavy atom. The van der Waals surface area contributed by atoms with Crippen molar-refractivity contribution in [2.45, 2.75) is 32.8 Å². The summed E-state index contributed by atoms with van der Waals surface area (Å²) < 4.78 is 10.9. The number of hydrogen-bond donors (Lipinski definition) is 2. The molecule has 1 unspecified atom stereocenters. The molecule has 164 valence electrons. The normalized spacial score (nSPS) is 11.2. The van der Waals surface area contributed by atoms with E-state index in [-0.39, 0.29) is 12.8 Å². The summed E-state index contributed by atoms with van der Waals surface area (Å²) in [7, 11) is 0. The van der Waals surface area contributed by atoms with Gasteiger partial charge in [0.2, 0.25) is 0 Å². The van der Waals surface area contributed by atoms with Gasteiger partial charge in [-0.2, -0.15) is 0 Å².